The molecular formula is C27H39N3O6. The molecule has 3 N–H and O–H groups in total. The van der Waals surface area contributed by atoms with Crippen molar-refractivity contribution in [3.8, 4) is 16.9 Å². The van der Waals surface area contributed by atoms with Crippen molar-refractivity contribution in [2.24, 2.45) is 5.92 Å². The number of methoxy groups -OCH3 is 1. The highest BCUT2D eigenvalue weighted by Gasteiger charge is 2.22. The number of aliphatic hydroxyl groups is 1. The minimum Gasteiger partial charge on any atom is -0.496 e. The van der Waals surface area contributed by atoms with Crippen molar-refractivity contribution in [1.82, 2.24) is 15.6 Å². The first-order valence-electron chi connectivity index (χ1n) is 12.2. The Bertz CT molecular complexity index is 1010. The van der Waals surface area contributed by atoms with Gasteiger partial charge in [0.1, 0.15) is 5.75 Å². The molecule has 198 valence electrons. The number of carbonyl (C=O) groups excluding carboxylic acids is 3. The van der Waals surface area contributed by atoms with Crippen LogP contribution in [0.15, 0.2) is 24.3 Å². The minimum atomic E-state index is -0.771. The maximum absolute atomic E-state index is 12.5. The summed E-state index contributed by atoms with van der Waals surface area (Å²) < 4.78 is 10.1. The zero-order valence-corrected chi connectivity index (χ0v) is 22.1. The van der Waals surface area contributed by atoms with Crippen LogP contribution in [-0.4, -0.2) is 55.4 Å². The van der Waals surface area contributed by atoms with E-state index in [9.17, 15) is 14.4 Å². The second kappa shape index (κ2) is 16.3. The molecule has 1 saturated carbocycles. The average Bonchev–Trinajstić information content (AvgIpc) is 3.68. The maximum atomic E-state index is 12.5. The highest BCUT2D eigenvalue weighted by Crippen LogP contribution is 2.33. The standard InChI is InChI=1S/C19H22N2O5.C5H9NO.C3H8/c1-5-20-18(23)15-8-11(2)16(25-4)9-14(15)13-7-6-12(3)21-17(13)19(24)26-10-22;7-4-6-3-5-1-2-5;1-3-2/h6-9,22H,5,10H2,1-4H3,(H,20,23);4-5H,1-3H2,(H,6,7);3H2,1-2H3. The van der Waals surface area contributed by atoms with E-state index in [0.29, 0.717) is 34.7 Å². The van der Waals surface area contributed by atoms with Crippen molar-refractivity contribution in [2.45, 2.75) is 53.9 Å². The molecule has 0 bridgehead atoms. The van der Waals surface area contributed by atoms with Gasteiger partial charge in [0, 0.05) is 35.5 Å². The molecule has 1 aromatic carbocycles. The second-order valence-corrected chi connectivity index (χ2v) is 8.31. The fourth-order valence-corrected chi connectivity index (χ4v) is 3.17. The number of benzene rings is 1. The van der Waals surface area contributed by atoms with E-state index in [2.05, 4.69) is 29.5 Å². The fourth-order valence-electron chi connectivity index (χ4n) is 3.17. The van der Waals surface area contributed by atoms with E-state index >= 15 is 0 Å². The number of ether oxygens (including phenoxy) is 2. The Kier molecular flexibility index (Phi) is 13.8. The molecule has 0 atom stereocenters. The quantitative estimate of drug-likeness (QED) is 0.271. The number of rotatable bonds is 9. The largest absolute Gasteiger partial charge is 0.496 e. The van der Waals surface area contributed by atoms with Crippen molar-refractivity contribution >= 4 is 18.3 Å². The van der Waals surface area contributed by atoms with E-state index in [-0.39, 0.29) is 11.6 Å². The highest BCUT2D eigenvalue weighted by molar-refractivity contribution is 6.04. The zero-order valence-electron chi connectivity index (χ0n) is 22.1. The number of hydrogen-bond acceptors (Lipinski definition) is 7. The van der Waals surface area contributed by atoms with Gasteiger partial charge < -0.3 is 25.2 Å². The maximum Gasteiger partial charge on any atom is 0.359 e. The molecule has 0 aliphatic heterocycles. The molecule has 0 saturated heterocycles. The van der Waals surface area contributed by atoms with Gasteiger partial charge >= 0.3 is 5.97 Å². The summed E-state index contributed by atoms with van der Waals surface area (Å²) in [6.07, 6.45) is 4.62. The topological polar surface area (TPSA) is 127 Å². The summed E-state index contributed by atoms with van der Waals surface area (Å²) in [5.41, 5.74) is 2.74. The van der Waals surface area contributed by atoms with Gasteiger partial charge in [0.05, 0.1) is 7.11 Å². The summed E-state index contributed by atoms with van der Waals surface area (Å²) in [5, 5.41) is 14.3. The molecule has 2 amide bonds. The van der Waals surface area contributed by atoms with Crippen molar-refractivity contribution < 1.29 is 29.0 Å². The Hall–Kier alpha value is -3.46. The lowest BCUT2D eigenvalue weighted by molar-refractivity contribution is -0.109. The number of esters is 1. The molecule has 2 aromatic rings. The van der Waals surface area contributed by atoms with Crippen LogP contribution in [0.5, 0.6) is 5.75 Å². The van der Waals surface area contributed by atoms with Gasteiger partial charge in [-0.2, -0.15) is 0 Å². The van der Waals surface area contributed by atoms with Crippen molar-refractivity contribution in [3.05, 3.63) is 46.8 Å². The predicted molar refractivity (Wildman–Crippen MR) is 139 cm³/mol. The second-order valence-electron chi connectivity index (χ2n) is 8.31. The predicted octanol–water partition coefficient (Wildman–Crippen LogP) is 3.79. The molecule has 0 radical (unpaired) electrons. The van der Waals surface area contributed by atoms with Crippen LogP contribution in [0.25, 0.3) is 11.1 Å². The normalized spacial score (nSPS) is 11.6. The van der Waals surface area contributed by atoms with Crippen LogP contribution in [0, 0.1) is 19.8 Å². The number of nitrogens with zero attached hydrogens (tertiary/aromatic N) is 1. The van der Waals surface area contributed by atoms with Crippen LogP contribution in [0.3, 0.4) is 0 Å². The fraction of sp³-hybridized carbons (Fsp3) is 0.481. The number of carbonyl (C=O) groups is 3. The number of aromatic nitrogens is 1. The van der Waals surface area contributed by atoms with Crippen LogP contribution in [0.4, 0.5) is 0 Å². The van der Waals surface area contributed by atoms with E-state index in [4.69, 9.17) is 14.6 Å². The van der Waals surface area contributed by atoms with Crippen LogP contribution in [0.1, 0.15) is 72.1 Å². The Balaban J connectivity index is 0.000000540. The lowest BCUT2D eigenvalue weighted by Crippen LogP contribution is -2.24. The van der Waals surface area contributed by atoms with Crippen molar-refractivity contribution in [2.75, 3.05) is 27.0 Å². The first-order chi connectivity index (χ1) is 17.3. The summed E-state index contributed by atoms with van der Waals surface area (Å²) in [7, 11) is 1.53. The summed E-state index contributed by atoms with van der Waals surface area (Å²) in [6.45, 7) is 10.2. The number of aliphatic hydroxyl groups excluding tert-OH is 1. The highest BCUT2D eigenvalue weighted by atomic mass is 16.6. The Morgan fingerprint density at radius 1 is 1.14 bits per heavy atom. The molecule has 9 heteroatoms. The van der Waals surface area contributed by atoms with Crippen LogP contribution >= 0.6 is 0 Å². The molecule has 9 nitrogen and oxygen atoms in total. The molecule has 1 aliphatic rings. The number of pyridine rings is 1. The first kappa shape index (κ1) is 30.6. The van der Waals surface area contributed by atoms with Crippen molar-refractivity contribution in [1.29, 1.82) is 0 Å². The molecular weight excluding hydrogens is 462 g/mol. The van der Waals surface area contributed by atoms with Gasteiger partial charge in [0.15, 0.2) is 12.5 Å². The molecule has 36 heavy (non-hydrogen) atoms. The zero-order chi connectivity index (χ0) is 27.1. The molecule has 0 unspecified atom stereocenters. The van der Waals surface area contributed by atoms with Gasteiger partial charge in [-0.05, 0) is 63.3 Å². The van der Waals surface area contributed by atoms with Gasteiger partial charge in [0.25, 0.3) is 5.91 Å². The first-order valence-corrected chi connectivity index (χ1v) is 12.2. The van der Waals surface area contributed by atoms with E-state index < -0.39 is 12.8 Å². The third-order valence-corrected chi connectivity index (χ3v) is 5.02. The molecule has 3 rings (SSSR count). The Labute approximate surface area is 213 Å². The summed E-state index contributed by atoms with van der Waals surface area (Å²) in [4.78, 5) is 38.6. The van der Waals surface area contributed by atoms with Gasteiger partial charge in [-0.15, -0.1) is 0 Å². The lowest BCUT2D eigenvalue weighted by atomic mass is 9.95. The summed E-state index contributed by atoms with van der Waals surface area (Å²) >= 11 is 0. The Morgan fingerprint density at radius 2 is 1.81 bits per heavy atom. The third kappa shape index (κ3) is 9.65. The lowest BCUT2D eigenvalue weighted by Gasteiger charge is -2.16. The van der Waals surface area contributed by atoms with E-state index in [1.165, 1.54) is 26.4 Å². The molecule has 1 aromatic heterocycles. The van der Waals surface area contributed by atoms with Gasteiger partial charge in [-0.1, -0.05) is 26.3 Å². The summed E-state index contributed by atoms with van der Waals surface area (Å²) in [6, 6.07) is 6.84. The molecule has 1 heterocycles. The monoisotopic (exact) mass is 501 g/mol. The third-order valence-electron chi connectivity index (χ3n) is 5.02. The van der Waals surface area contributed by atoms with Gasteiger partial charge in [-0.3, -0.25) is 9.59 Å². The Morgan fingerprint density at radius 3 is 2.33 bits per heavy atom. The molecule has 1 aliphatic carbocycles. The SMILES string of the molecule is CCC.CCNC(=O)c1cc(C)c(OC)cc1-c1ccc(C)nc1C(=O)OCO.O=CNCC1CC1. The smallest absolute Gasteiger partial charge is 0.359 e. The van der Waals surface area contributed by atoms with E-state index in [0.717, 1.165) is 24.4 Å². The minimum absolute atomic E-state index is 0.0236. The van der Waals surface area contributed by atoms with Crippen LogP contribution in [0.2, 0.25) is 0 Å². The summed E-state index contributed by atoms with van der Waals surface area (Å²) in [5.74, 6) is 0.350. The average molecular weight is 502 g/mol. The van der Waals surface area contributed by atoms with Crippen LogP contribution < -0.4 is 15.4 Å². The van der Waals surface area contributed by atoms with E-state index in [1.54, 1.807) is 31.2 Å². The van der Waals surface area contributed by atoms with Crippen LogP contribution in [-0.2, 0) is 9.53 Å². The molecule has 0 spiro atoms. The number of aryl methyl sites for hydroxylation is 2. The van der Waals surface area contributed by atoms with E-state index in [1.807, 2.05) is 13.8 Å². The van der Waals surface area contributed by atoms with Gasteiger partial charge in [-0.25, -0.2) is 9.78 Å². The number of hydrogen-bond donors (Lipinski definition) is 3. The van der Waals surface area contributed by atoms with Gasteiger partial charge in [0.2, 0.25) is 6.41 Å². The molecule has 1 fully saturated rings. The number of amides is 2. The number of nitrogens with one attached hydrogen (secondary N) is 2. The van der Waals surface area contributed by atoms with Crippen molar-refractivity contribution in [3.63, 3.8) is 0 Å².